The zero-order chi connectivity index (χ0) is 26.1. The summed E-state index contributed by atoms with van der Waals surface area (Å²) in [6.45, 7) is 8.93. The number of nitriles is 2. The Kier molecular flexibility index (Phi) is 14.4. The topological polar surface area (TPSA) is 181 Å². The van der Waals surface area contributed by atoms with Gasteiger partial charge in [-0.2, -0.15) is 10.5 Å². The van der Waals surface area contributed by atoms with Crippen molar-refractivity contribution in [1.82, 2.24) is 9.97 Å². The second-order valence-electron chi connectivity index (χ2n) is 6.59. The molecular weight excluding hydrogens is 440 g/mol. The molecule has 11 heteroatoms. The Bertz CT molecular complexity index is 1030. The van der Waals surface area contributed by atoms with Crippen LogP contribution in [0.2, 0.25) is 0 Å². The lowest BCUT2D eigenvalue weighted by Crippen LogP contribution is -2.14. The summed E-state index contributed by atoms with van der Waals surface area (Å²) in [5.74, 6) is -1.61. The molecule has 0 unspecified atom stereocenters. The van der Waals surface area contributed by atoms with Gasteiger partial charge in [0.15, 0.2) is 11.4 Å². The number of nitrogens with zero attached hydrogens (tertiary/aromatic N) is 4. The summed E-state index contributed by atoms with van der Waals surface area (Å²) in [7, 11) is 1.60. The van der Waals surface area contributed by atoms with E-state index in [4.69, 9.17) is 25.5 Å². The van der Waals surface area contributed by atoms with Gasteiger partial charge in [-0.25, -0.2) is 19.6 Å². The number of anilines is 2. The lowest BCUT2D eigenvalue weighted by molar-refractivity contribution is 0.0680. The van der Waals surface area contributed by atoms with E-state index in [1.165, 1.54) is 24.3 Å². The molecule has 0 bridgehead atoms. The van der Waals surface area contributed by atoms with Gasteiger partial charge in [-0.3, -0.25) is 0 Å². The van der Waals surface area contributed by atoms with Gasteiger partial charge in [-0.05, 0) is 44.5 Å². The number of carboxylic acid groups (broad SMARTS) is 2. The number of pyridine rings is 2. The molecule has 0 saturated heterocycles. The third-order valence-corrected chi connectivity index (χ3v) is 3.71. The second-order valence-corrected chi connectivity index (χ2v) is 6.59. The number of carbonyl (C=O) groups is 2. The zero-order valence-electron chi connectivity index (χ0n) is 19.9. The Morgan fingerprint density at radius 1 is 0.971 bits per heavy atom. The first-order valence-corrected chi connectivity index (χ1v) is 10.5. The Labute approximate surface area is 199 Å². The number of hydrogen-bond acceptors (Lipinski definition) is 9. The molecule has 11 nitrogen and oxygen atoms in total. The number of carboxylic acids is 2. The maximum Gasteiger partial charge on any atom is 0.354 e. The molecule has 0 aliphatic carbocycles. The number of methoxy groups -OCH3 is 1. The van der Waals surface area contributed by atoms with E-state index < -0.39 is 11.9 Å². The van der Waals surface area contributed by atoms with Crippen molar-refractivity contribution in [3.8, 4) is 12.1 Å². The molecule has 0 spiro atoms. The van der Waals surface area contributed by atoms with Crippen LogP contribution < -0.4 is 10.6 Å². The molecule has 0 aliphatic heterocycles. The van der Waals surface area contributed by atoms with Crippen molar-refractivity contribution in [2.45, 2.75) is 40.2 Å². The Balaban J connectivity index is 0.000000601. The standard InChI is InChI=1S/C11H13N3O3.C10H11N3O2.C2H6/c1-17-6-2-5-13-10-8(7-12)3-4-9(14-10)11(15)16;1-6(2)12-9-7(5-11)3-4-8(13-9)10(14)15;1-2/h3-4H,2,5-6H2,1H3,(H,13,14)(H,15,16);3-4,6H,1-2H3,(H,12,13)(H,14,15);1-2H3. The quantitative estimate of drug-likeness (QED) is 0.393. The fourth-order valence-electron chi connectivity index (χ4n) is 2.28. The van der Waals surface area contributed by atoms with Crippen molar-refractivity contribution in [3.63, 3.8) is 0 Å². The Morgan fingerprint density at radius 3 is 1.85 bits per heavy atom. The van der Waals surface area contributed by atoms with Crippen molar-refractivity contribution in [3.05, 3.63) is 46.8 Å². The summed E-state index contributed by atoms with van der Waals surface area (Å²) >= 11 is 0. The van der Waals surface area contributed by atoms with E-state index in [2.05, 4.69) is 20.6 Å². The van der Waals surface area contributed by atoms with Gasteiger partial charge in [-0.15, -0.1) is 0 Å². The molecule has 2 aromatic rings. The van der Waals surface area contributed by atoms with E-state index >= 15 is 0 Å². The lowest BCUT2D eigenvalue weighted by atomic mass is 10.2. The normalized spacial score (nSPS) is 9.29. The van der Waals surface area contributed by atoms with E-state index in [-0.39, 0.29) is 17.4 Å². The van der Waals surface area contributed by atoms with Crippen LogP contribution in [0.4, 0.5) is 11.6 Å². The van der Waals surface area contributed by atoms with Crippen molar-refractivity contribution >= 4 is 23.6 Å². The van der Waals surface area contributed by atoms with Crippen molar-refractivity contribution in [1.29, 1.82) is 10.5 Å². The average Bonchev–Trinajstić information content (AvgIpc) is 2.83. The van der Waals surface area contributed by atoms with Crippen molar-refractivity contribution in [2.24, 2.45) is 0 Å². The van der Waals surface area contributed by atoms with Gasteiger partial charge in [0.1, 0.15) is 23.8 Å². The van der Waals surface area contributed by atoms with Gasteiger partial charge < -0.3 is 25.6 Å². The average molecular weight is 471 g/mol. The monoisotopic (exact) mass is 470 g/mol. The SMILES string of the molecule is CC.CC(C)Nc1nc(C(=O)O)ccc1C#N.COCCCNc1nc(C(=O)O)ccc1C#N. The molecule has 2 rings (SSSR count). The van der Waals surface area contributed by atoms with Gasteiger partial charge in [0.2, 0.25) is 0 Å². The number of aromatic carboxylic acids is 2. The smallest absolute Gasteiger partial charge is 0.354 e. The van der Waals surface area contributed by atoms with E-state index in [1.807, 2.05) is 39.8 Å². The van der Waals surface area contributed by atoms with Crippen LogP contribution in [-0.2, 0) is 4.74 Å². The number of aromatic nitrogens is 2. The fraction of sp³-hybridized carbons (Fsp3) is 0.391. The van der Waals surface area contributed by atoms with E-state index in [1.54, 1.807) is 7.11 Å². The summed E-state index contributed by atoms with van der Waals surface area (Å²) < 4.78 is 4.88. The van der Waals surface area contributed by atoms with E-state index in [0.29, 0.717) is 35.9 Å². The maximum absolute atomic E-state index is 10.7. The molecule has 0 atom stereocenters. The van der Waals surface area contributed by atoms with Crippen LogP contribution in [0.5, 0.6) is 0 Å². The highest BCUT2D eigenvalue weighted by molar-refractivity contribution is 5.86. The molecule has 0 amide bonds. The minimum Gasteiger partial charge on any atom is -0.477 e. The molecule has 2 aromatic heterocycles. The molecule has 182 valence electrons. The molecule has 0 saturated carbocycles. The molecule has 34 heavy (non-hydrogen) atoms. The molecule has 0 aliphatic rings. The third-order valence-electron chi connectivity index (χ3n) is 3.71. The molecule has 0 radical (unpaired) electrons. The third kappa shape index (κ3) is 10.4. The second kappa shape index (κ2) is 16.4. The van der Waals surface area contributed by atoms with Crippen LogP contribution in [0.1, 0.15) is 66.2 Å². The molecule has 4 N–H and O–H groups in total. The highest BCUT2D eigenvalue weighted by atomic mass is 16.5. The lowest BCUT2D eigenvalue weighted by Gasteiger charge is -2.10. The predicted octanol–water partition coefficient (Wildman–Crippen LogP) is 3.60. The summed E-state index contributed by atoms with van der Waals surface area (Å²) in [6, 6.07) is 9.50. The van der Waals surface area contributed by atoms with Gasteiger partial charge in [0.25, 0.3) is 0 Å². The Morgan fingerprint density at radius 2 is 1.44 bits per heavy atom. The van der Waals surface area contributed by atoms with E-state index in [0.717, 1.165) is 6.42 Å². The summed E-state index contributed by atoms with van der Waals surface area (Å²) in [5.41, 5.74) is 0.511. The first-order chi connectivity index (χ1) is 16.2. The first-order valence-electron chi connectivity index (χ1n) is 10.5. The van der Waals surface area contributed by atoms with Crippen LogP contribution in [-0.4, -0.2) is 58.4 Å². The molecule has 0 aromatic carbocycles. The predicted molar refractivity (Wildman–Crippen MR) is 127 cm³/mol. The van der Waals surface area contributed by atoms with Crippen LogP contribution in [0, 0.1) is 22.7 Å². The summed E-state index contributed by atoms with van der Waals surface area (Å²) in [6.07, 6.45) is 0.750. The molecule has 2 heterocycles. The maximum atomic E-state index is 10.7. The van der Waals surface area contributed by atoms with Gasteiger partial charge in [0, 0.05) is 26.3 Å². The minimum atomic E-state index is -1.12. The van der Waals surface area contributed by atoms with Gasteiger partial charge in [0.05, 0.1) is 11.1 Å². The highest BCUT2D eigenvalue weighted by Gasteiger charge is 2.11. The van der Waals surface area contributed by atoms with Crippen molar-refractivity contribution < 1.29 is 24.5 Å². The summed E-state index contributed by atoms with van der Waals surface area (Å²) in [4.78, 5) is 29.1. The van der Waals surface area contributed by atoms with Crippen LogP contribution >= 0.6 is 0 Å². The van der Waals surface area contributed by atoms with Crippen molar-refractivity contribution in [2.75, 3.05) is 30.9 Å². The minimum absolute atomic E-state index is 0.0721. The first kappa shape index (κ1) is 29.8. The summed E-state index contributed by atoms with van der Waals surface area (Å²) in [5, 5.41) is 41.0. The zero-order valence-corrected chi connectivity index (χ0v) is 19.9. The van der Waals surface area contributed by atoms with Crippen LogP contribution in [0.25, 0.3) is 0 Å². The number of rotatable bonds is 9. The Hall–Kier alpha value is -4.22. The van der Waals surface area contributed by atoms with Crippen LogP contribution in [0.15, 0.2) is 24.3 Å². The molecule has 0 fully saturated rings. The number of nitrogens with one attached hydrogen (secondary N) is 2. The van der Waals surface area contributed by atoms with E-state index in [9.17, 15) is 9.59 Å². The molecular formula is C23H30N6O5. The highest BCUT2D eigenvalue weighted by Crippen LogP contribution is 2.14. The number of ether oxygens (including phenoxy) is 1. The largest absolute Gasteiger partial charge is 0.477 e. The van der Waals surface area contributed by atoms with Gasteiger partial charge in [-0.1, -0.05) is 13.8 Å². The van der Waals surface area contributed by atoms with Crippen LogP contribution in [0.3, 0.4) is 0 Å². The van der Waals surface area contributed by atoms with Gasteiger partial charge >= 0.3 is 11.9 Å². The number of hydrogen-bond donors (Lipinski definition) is 4. The fourth-order valence-corrected chi connectivity index (χ4v) is 2.28.